The molecule has 4 heteroatoms. The monoisotopic (exact) mass is 252 g/mol. The number of carbonyl (C=O) groups is 2. The van der Waals surface area contributed by atoms with Gasteiger partial charge in [0, 0.05) is 25.4 Å². The Morgan fingerprint density at radius 3 is 2.50 bits per heavy atom. The van der Waals surface area contributed by atoms with Gasteiger partial charge in [0.25, 0.3) is 0 Å². The lowest BCUT2D eigenvalue weighted by Gasteiger charge is -2.34. The summed E-state index contributed by atoms with van der Waals surface area (Å²) in [6.45, 7) is 5.69. The van der Waals surface area contributed by atoms with E-state index in [0.29, 0.717) is 25.4 Å². The van der Waals surface area contributed by atoms with E-state index in [4.69, 9.17) is 0 Å². The minimum absolute atomic E-state index is 0.00984. The van der Waals surface area contributed by atoms with Gasteiger partial charge in [0.1, 0.15) is 0 Å². The number of hydrogen-bond donors (Lipinski definition) is 1. The van der Waals surface area contributed by atoms with Crippen LogP contribution in [-0.2, 0) is 9.59 Å². The molecule has 1 unspecified atom stereocenters. The second-order valence-electron chi connectivity index (χ2n) is 6.39. The standard InChI is InChI=1S/C14H24N2O2/c1-14(2)9-12(17)16(13(18)10-14)8-4-6-11-5-3-7-15-11/h11,15H,3-10H2,1-2H3. The number of carbonyl (C=O) groups excluding carboxylic acids is 2. The molecule has 0 aliphatic carbocycles. The second kappa shape index (κ2) is 5.39. The number of likely N-dealkylation sites (tertiary alicyclic amines) is 1. The fraction of sp³-hybridized carbons (Fsp3) is 0.857. The first-order valence-electron chi connectivity index (χ1n) is 7.04. The smallest absolute Gasteiger partial charge is 0.229 e. The van der Waals surface area contributed by atoms with Crippen molar-refractivity contribution in [3.8, 4) is 0 Å². The Kier molecular flexibility index (Phi) is 4.05. The normalized spacial score (nSPS) is 27.9. The van der Waals surface area contributed by atoms with Gasteiger partial charge >= 0.3 is 0 Å². The molecule has 2 aliphatic rings. The highest BCUT2D eigenvalue weighted by Gasteiger charge is 2.36. The van der Waals surface area contributed by atoms with E-state index < -0.39 is 0 Å². The molecule has 0 radical (unpaired) electrons. The highest BCUT2D eigenvalue weighted by atomic mass is 16.2. The zero-order valence-electron chi connectivity index (χ0n) is 11.5. The summed E-state index contributed by atoms with van der Waals surface area (Å²) in [7, 11) is 0. The number of amides is 2. The average molecular weight is 252 g/mol. The number of rotatable bonds is 4. The summed E-state index contributed by atoms with van der Waals surface area (Å²) in [6.07, 6.45) is 5.48. The highest BCUT2D eigenvalue weighted by molar-refractivity contribution is 5.98. The fourth-order valence-corrected chi connectivity index (χ4v) is 2.96. The maximum Gasteiger partial charge on any atom is 0.229 e. The van der Waals surface area contributed by atoms with Crippen LogP contribution in [0.25, 0.3) is 0 Å². The molecule has 2 aliphatic heterocycles. The Hall–Kier alpha value is -0.900. The molecular formula is C14H24N2O2. The van der Waals surface area contributed by atoms with Gasteiger partial charge in [-0.25, -0.2) is 0 Å². The molecule has 1 N–H and O–H groups in total. The van der Waals surface area contributed by atoms with E-state index in [-0.39, 0.29) is 17.2 Å². The SMILES string of the molecule is CC1(C)CC(=O)N(CCCC2CCCN2)C(=O)C1. The van der Waals surface area contributed by atoms with Crippen molar-refractivity contribution in [2.24, 2.45) is 5.41 Å². The van der Waals surface area contributed by atoms with Crippen molar-refractivity contribution < 1.29 is 9.59 Å². The minimum atomic E-state index is -0.155. The van der Waals surface area contributed by atoms with E-state index in [1.54, 1.807) is 0 Å². The lowest BCUT2D eigenvalue weighted by Crippen LogP contribution is -2.46. The van der Waals surface area contributed by atoms with Gasteiger partial charge in [0.05, 0.1) is 0 Å². The summed E-state index contributed by atoms with van der Waals surface area (Å²) in [5, 5.41) is 3.44. The summed E-state index contributed by atoms with van der Waals surface area (Å²) in [5.41, 5.74) is -0.155. The molecule has 2 rings (SSSR count). The molecular weight excluding hydrogens is 228 g/mol. The number of hydrogen-bond acceptors (Lipinski definition) is 3. The van der Waals surface area contributed by atoms with Gasteiger partial charge in [0.15, 0.2) is 0 Å². The van der Waals surface area contributed by atoms with Crippen molar-refractivity contribution in [3.05, 3.63) is 0 Å². The summed E-state index contributed by atoms with van der Waals surface area (Å²) in [6, 6.07) is 0.594. The Morgan fingerprint density at radius 1 is 1.28 bits per heavy atom. The van der Waals surface area contributed by atoms with Gasteiger partial charge in [-0.15, -0.1) is 0 Å². The van der Waals surface area contributed by atoms with Gasteiger partial charge in [-0.2, -0.15) is 0 Å². The van der Waals surface area contributed by atoms with Crippen molar-refractivity contribution >= 4 is 11.8 Å². The second-order valence-corrected chi connectivity index (χ2v) is 6.39. The van der Waals surface area contributed by atoms with Gasteiger partial charge in [-0.3, -0.25) is 14.5 Å². The molecule has 18 heavy (non-hydrogen) atoms. The Bertz CT molecular complexity index is 313. The molecule has 2 saturated heterocycles. The molecule has 0 saturated carbocycles. The molecule has 0 aromatic heterocycles. The van der Waals surface area contributed by atoms with Crippen LogP contribution in [0.2, 0.25) is 0 Å². The molecule has 2 heterocycles. The van der Waals surface area contributed by atoms with Crippen LogP contribution in [0.4, 0.5) is 0 Å². The number of nitrogens with zero attached hydrogens (tertiary/aromatic N) is 1. The quantitative estimate of drug-likeness (QED) is 0.775. The average Bonchev–Trinajstić information content (AvgIpc) is 2.73. The molecule has 0 spiro atoms. The van der Waals surface area contributed by atoms with E-state index in [2.05, 4.69) is 5.32 Å². The lowest BCUT2D eigenvalue weighted by molar-refractivity contribution is -0.152. The van der Waals surface area contributed by atoms with Gasteiger partial charge in [-0.05, 0) is 37.6 Å². The third-order valence-electron chi connectivity index (χ3n) is 3.96. The zero-order chi connectivity index (χ0) is 13.2. The van der Waals surface area contributed by atoms with Gasteiger partial charge in [-0.1, -0.05) is 13.8 Å². The summed E-state index contributed by atoms with van der Waals surface area (Å²) < 4.78 is 0. The molecule has 0 aromatic carbocycles. The first-order valence-corrected chi connectivity index (χ1v) is 7.04. The van der Waals surface area contributed by atoms with Crippen LogP contribution in [0.5, 0.6) is 0 Å². The Balaban J connectivity index is 1.78. The van der Waals surface area contributed by atoms with Crippen LogP contribution in [0.3, 0.4) is 0 Å². The van der Waals surface area contributed by atoms with Crippen molar-refractivity contribution in [2.45, 2.75) is 58.4 Å². The van der Waals surface area contributed by atoms with Crippen molar-refractivity contribution in [1.29, 1.82) is 0 Å². The predicted octanol–water partition coefficient (Wildman–Crippen LogP) is 1.69. The van der Waals surface area contributed by atoms with E-state index in [1.165, 1.54) is 17.7 Å². The van der Waals surface area contributed by atoms with Crippen LogP contribution in [0.1, 0.15) is 52.4 Å². The molecule has 102 valence electrons. The largest absolute Gasteiger partial charge is 0.314 e. The maximum atomic E-state index is 11.9. The third kappa shape index (κ3) is 3.31. The number of piperidine rings is 1. The Labute approximate surface area is 109 Å². The zero-order valence-corrected chi connectivity index (χ0v) is 11.5. The fourth-order valence-electron chi connectivity index (χ4n) is 2.96. The third-order valence-corrected chi connectivity index (χ3v) is 3.96. The van der Waals surface area contributed by atoms with Crippen molar-refractivity contribution in [2.75, 3.05) is 13.1 Å². The topological polar surface area (TPSA) is 49.4 Å². The van der Waals surface area contributed by atoms with Crippen LogP contribution in [0.15, 0.2) is 0 Å². The summed E-state index contributed by atoms with van der Waals surface area (Å²) in [4.78, 5) is 25.3. The van der Waals surface area contributed by atoms with Crippen LogP contribution < -0.4 is 5.32 Å². The predicted molar refractivity (Wildman–Crippen MR) is 70.0 cm³/mol. The molecule has 1 atom stereocenters. The van der Waals surface area contributed by atoms with E-state index in [1.807, 2.05) is 13.8 Å². The van der Waals surface area contributed by atoms with Gasteiger partial charge in [0.2, 0.25) is 11.8 Å². The van der Waals surface area contributed by atoms with Crippen molar-refractivity contribution in [3.63, 3.8) is 0 Å². The summed E-state index contributed by atoms with van der Waals surface area (Å²) in [5.74, 6) is 0.0197. The Morgan fingerprint density at radius 2 is 1.94 bits per heavy atom. The van der Waals surface area contributed by atoms with Crippen molar-refractivity contribution in [1.82, 2.24) is 10.2 Å². The van der Waals surface area contributed by atoms with Gasteiger partial charge < -0.3 is 5.32 Å². The van der Waals surface area contributed by atoms with Crippen LogP contribution in [-0.4, -0.2) is 35.8 Å². The van der Waals surface area contributed by atoms with Crippen LogP contribution >= 0.6 is 0 Å². The first kappa shape index (κ1) is 13.5. The highest BCUT2D eigenvalue weighted by Crippen LogP contribution is 2.31. The number of imide groups is 1. The first-order chi connectivity index (χ1) is 8.48. The maximum absolute atomic E-state index is 11.9. The number of nitrogens with one attached hydrogen (secondary N) is 1. The lowest BCUT2D eigenvalue weighted by atomic mass is 9.81. The van der Waals surface area contributed by atoms with E-state index >= 15 is 0 Å². The molecule has 2 fully saturated rings. The molecule has 4 nitrogen and oxygen atoms in total. The molecule has 0 bridgehead atoms. The summed E-state index contributed by atoms with van der Waals surface area (Å²) >= 11 is 0. The molecule has 0 aromatic rings. The van der Waals surface area contributed by atoms with E-state index in [0.717, 1.165) is 19.4 Å². The minimum Gasteiger partial charge on any atom is -0.314 e. The molecule has 2 amide bonds. The van der Waals surface area contributed by atoms with E-state index in [9.17, 15) is 9.59 Å². The van der Waals surface area contributed by atoms with Crippen LogP contribution in [0, 0.1) is 5.41 Å².